The molecule has 0 aliphatic carbocycles. The number of rotatable bonds is 2. The van der Waals surface area contributed by atoms with E-state index in [4.69, 9.17) is 4.74 Å². The maximum absolute atomic E-state index is 6.04. The van der Waals surface area contributed by atoms with Crippen LogP contribution in [0.15, 0.2) is 18.2 Å². The minimum Gasteiger partial charge on any atom is -0.489 e. The van der Waals surface area contributed by atoms with E-state index in [9.17, 15) is 0 Å². The highest BCUT2D eigenvalue weighted by Crippen LogP contribution is 2.23. The van der Waals surface area contributed by atoms with Gasteiger partial charge in [0.1, 0.15) is 11.9 Å². The van der Waals surface area contributed by atoms with Crippen LogP contribution in [0.1, 0.15) is 17.5 Å². The third kappa shape index (κ3) is 2.97. The fourth-order valence-electron chi connectivity index (χ4n) is 2.71. The summed E-state index contributed by atoms with van der Waals surface area (Å²) >= 11 is 0. The number of nitrogens with zero attached hydrogens (tertiary/aromatic N) is 1. The molecule has 1 aromatic carbocycles. The lowest BCUT2D eigenvalue weighted by Gasteiger charge is -2.19. The molecule has 2 aliphatic rings. The maximum atomic E-state index is 6.04. The van der Waals surface area contributed by atoms with Gasteiger partial charge in [0.25, 0.3) is 0 Å². The quantitative estimate of drug-likeness (QED) is 0.886. The number of fused-ring (bicyclic) bond motifs is 1. The van der Waals surface area contributed by atoms with Gasteiger partial charge in [-0.1, -0.05) is 6.07 Å². The van der Waals surface area contributed by atoms with Crippen LogP contribution < -0.4 is 10.1 Å². The second-order valence-electron chi connectivity index (χ2n) is 5.15. The minimum absolute atomic E-state index is 0. The smallest absolute Gasteiger partial charge is 0.120 e. The number of likely N-dealkylation sites (N-methyl/N-ethyl adjacent to an activating group) is 1. The molecule has 1 fully saturated rings. The molecular weight excluding hydrogens is 248 g/mol. The van der Waals surface area contributed by atoms with Crippen LogP contribution in [-0.2, 0) is 13.0 Å². The van der Waals surface area contributed by atoms with Crippen molar-refractivity contribution in [3.63, 3.8) is 0 Å². The minimum atomic E-state index is 0. The molecule has 0 amide bonds. The monoisotopic (exact) mass is 268 g/mol. The molecule has 0 saturated carbocycles. The molecular formula is C14H21ClN2O. The Kier molecular flexibility index (Phi) is 4.49. The zero-order chi connectivity index (χ0) is 11.7. The summed E-state index contributed by atoms with van der Waals surface area (Å²) in [6.07, 6.45) is 2.66. The number of hydrogen-bond donors (Lipinski definition) is 1. The molecule has 18 heavy (non-hydrogen) atoms. The zero-order valence-corrected chi connectivity index (χ0v) is 11.6. The van der Waals surface area contributed by atoms with Gasteiger partial charge in [-0.15, -0.1) is 12.4 Å². The van der Waals surface area contributed by atoms with Crippen molar-refractivity contribution in [3.8, 4) is 5.75 Å². The maximum Gasteiger partial charge on any atom is 0.120 e. The Morgan fingerprint density at radius 2 is 2.22 bits per heavy atom. The molecule has 1 atom stereocenters. The molecule has 0 spiro atoms. The summed E-state index contributed by atoms with van der Waals surface area (Å²) in [4.78, 5) is 2.32. The van der Waals surface area contributed by atoms with E-state index in [2.05, 4.69) is 35.5 Å². The number of nitrogens with one attached hydrogen (secondary N) is 1. The molecule has 0 radical (unpaired) electrons. The molecule has 1 aromatic rings. The summed E-state index contributed by atoms with van der Waals surface area (Å²) in [5.41, 5.74) is 2.87. The number of ether oxygens (including phenoxy) is 1. The van der Waals surface area contributed by atoms with Crippen molar-refractivity contribution in [1.29, 1.82) is 0 Å². The van der Waals surface area contributed by atoms with E-state index in [0.29, 0.717) is 6.10 Å². The topological polar surface area (TPSA) is 24.5 Å². The zero-order valence-electron chi connectivity index (χ0n) is 10.8. The second kappa shape index (κ2) is 5.91. The van der Waals surface area contributed by atoms with E-state index in [1.165, 1.54) is 11.1 Å². The second-order valence-corrected chi connectivity index (χ2v) is 5.15. The Labute approximate surface area is 115 Å². The normalized spacial score (nSPS) is 23.3. The lowest BCUT2D eigenvalue weighted by atomic mass is 10.0. The van der Waals surface area contributed by atoms with Crippen molar-refractivity contribution in [2.45, 2.75) is 25.5 Å². The Hall–Kier alpha value is -0.770. The molecule has 0 bridgehead atoms. The highest BCUT2D eigenvalue weighted by atomic mass is 35.5. The van der Waals surface area contributed by atoms with Crippen LogP contribution >= 0.6 is 12.4 Å². The first-order valence-corrected chi connectivity index (χ1v) is 6.49. The summed E-state index contributed by atoms with van der Waals surface area (Å²) in [5.74, 6) is 1.03. The van der Waals surface area contributed by atoms with Gasteiger partial charge in [-0.25, -0.2) is 0 Å². The Morgan fingerprint density at radius 3 is 3.00 bits per heavy atom. The molecule has 4 heteroatoms. The number of hydrogen-bond acceptors (Lipinski definition) is 3. The SMILES string of the molecule is CN1CC[C@@H](Oc2ccc3c(c2)CNCC3)C1.Cl. The van der Waals surface area contributed by atoms with Crippen molar-refractivity contribution in [3.05, 3.63) is 29.3 Å². The van der Waals surface area contributed by atoms with Crippen molar-refractivity contribution in [2.75, 3.05) is 26.7 Å². The van der Waals surface area contributed by atoms with Gasteiger partial charge in [0.05, 0.1) is 0 Å². The van der Waals surface area contributed by atoms with Gasteiger partial charge in [-0.05, 0) is 49.7 Å². The van der Waals surface area contributed by atoms with E-state index in [0.717, 1.165) is 44.8 Å². The lowest BCUT2D eigenvalue weighted by molar-refractivity contribution is 0.208. The third-order valence-electron chi connectivity index (χ3n) is 3.72. The molecule has 2 heterocycles. The first-order valence-electron chi connectivity index (χ1n) is 6.49. The van der Waals surface area contributed by atoms with Gasteiger partial charge in [0.2, 0.25) is 0 Å². The van der Waals surface area contributed by atoms with E-state index in [1.54, 1.807) is 0 Å². The van der Waals surface area contributed by atoms with Crippen LogP contribution in [0.2, 0.25) is 0 Å². The Bertz CT molecular complexity index is 411. The summed E-state index contributed by atoms with van der Waals surface area (Å²) in [6.45, 7) is 4.28. The van der Waals surface area contributed by atoms with E-state index >= 15 is 0 Å². The molecule has 1 N–H and O–H groups in total. The largest absolute Gasteiger partial charge is 0.489 e. The van der Waals surface area contributed by atoms with E-state index in [-0.39, 0.29) is 12.4 Å². The van der Waals surface area contributed by atoms with Crippen molar-refractivity contribution in [1.82, 2.24) is 10.2 Å². The van der Waals surface area contributed by atoms with Crippen LogP contribution in [0, 0.1) is 0 Å². The van der Waals surface area contributed by atoms with Crippen LogP contribution in [0.25, 0.3) is 0 Å². The molecule has 3 rings (SSSR count). The van der Waals surface area contributed by atoms with Gasteiger partial charge < -0.3 is 15.0 Å². The lowest BCUT2D eigenvalue weighted by Crippen LogP contribution is -2.24. The summed E-state index contributed by atoms with van der Waals surface area (Å²) in [7, 11) is 2.15. The molecule has 0 aromatic heterocycles. The van der Waals surface area contributed by atoms with Gasteiger partial charge in [0.15, 0.2) is 0 Å². The average Bonchev–Trinajstić information content (AvgIpc) is 2.75. The van der Waals surface area contributed by atoms with Gasteiger partial charge in [-0.2, -0.15) is 0 Å². The third-order valence-corrected chi connectivity index (χ3v) is 3.72. The fraction of sp³-hybridized carbons (Fsp3) is 0.571. The molecule has 2 aliphatic heterocycles. The standard InChI is InChI=1S/C14H20N2O.ClH/c1-16-7-5-14(10-16)17-13-3-2-11-4-6-15-9-12(11)8-13;/h2-3,8,14-15H,4-7,9-10H2,1H3;1H/t14-;/m1./s1. The van der Waals surface area contributed by atoms with Crippen LogP contribution in [0.5, 0.6) is 5.75 Å². The summed E-state index contributed by atoms with van der Waals surface area (Å²) in [5, 5.41) is 3.41. The van der Waals surface area contributed by atoms with Crippen LogP contribution in [0.3, 0.4) is 0 Å². The molecule has 1 saturated heterocycles. The first-order chi connectivity index (χ1) is 8.31. The Balaban J connectivity index is 0.00000120. The number of likely N-dealkylation sites (tertiary alicyclic amines) is 1. The van der Waals surface area contributed by atoms with Crippen molar-refractivity contribution >= 4 is 12.4 Å². The number of halogens is 1. The molecule has 100 valence electrons. The first kappa shape index (κ1) is 13.7. The van der Waals surface area contributed by atoms with Gasteiger partial charge >= 0.3 is 0 Å². The average molecular weight is 269 g/mol. The molecule has 3 nitrogen and oxygen atoms in total. The fourth-order valence-corrected chi connectivity index (χ4v) is 2.71. The molecule has 0 unspecified atom stereocenters. The summed E-state index contributed by atoms with van der Waals surface area (Å²) < 4.78 is 6.04. The number of benzene rings is 1. The van der Waals surface area contributed by atoms with Crippen molar-refractivity contribution < 1.29 is 4.74 Å². The predicted octanol–water partition coefficient (Wildman–Crippen LogP) is 1.84. The van der Waals surface area contributed by atoms with Gasteiger partial charge in [-0.3, -0.25) is 0 Å². The summed E-state index contributed by atoms with van der Waals surface area (Å²) in [6, 6.07) is 6.56. The van der Waals surface area contributed by atoms with Crippen molar-refractivity contribution in [2.24, 2.45) is 0 Å². The highest BCUT2D eigenvalue weighted by Gasteiger charge is 2.21. The van der Waals surface area contributed by atoms with E-state index in [1.807, 2.05) is 0 Å². The predicted molar refractivity (Wildman–Crippen MR) is 75.6 cm³/mol. The Morgan fingerprint density at radius 1 is 1.33 bits per heavy atom. The van der Waals surface area contributed by atoms with Crippen LogP contribution in [-0.4, -0.2) is 37.7 Å². The van der Waals surface area contributed by atoms with Crippen LogP contribution in [0.4, 0.5) is 0 Å². The highest BCUT2D eigenvalue weighted by molar-refractivity contribution is 5.85. The van der Waals surface area contributed by atoms with E-state index < -0.39 is 0 Å². The van der Waals surface area contributed by atoms with Gasteiger partial charge in [0, 0.05) is 19.6 Å².